The van der Waals surface area contributed by atoms with Gasteiger partial charge in [-0.05, 0) is 78.7 Å². The van der Waals surface area contributed by atoms with Gasteiger partial charge in [-0.15, -0.1) is 0 Å². The summed E-state index contributed by atoms with van der Waals surface area (Å²) in [5.41, 5.74) is 13.2. The molecule has 0 fully saturated rings. The minimum Gasteiger partial charge on any atom is -0.467 e. The smallest absolute Gasteiger partial charge is 0.297 e. The van der Waals surface area contributed by atoms with Gasteiger partial charge in [-0.25, -0.2) is 0 Å². The number of hydrogen-bond donors (Lipinski definition) is 0. The van der Waals surface area contributed by atoms with Gasteiger partial charge in [-0.1, -0.05) is 78.9 Å². The second kappa shape index (κ2) is 9.04. The number of benzene rings is 4. The largest absolute Gasteiger partial charge is 0.467 e. The normalized spacial score (nSPS) is 16.7. The molecule has 2 aliphatic carbocycles. The van der Waals surface area contributed by atoms with Crippen molar-refractivity contribution in [3.05, 3.63) is 139 Å². The summed E-state index contributed by atoms with van der Waals surface area (Å²) in [5.74, 6) is 0. The van der Waals surface area contributed by atoms with E-state index < -0.39 is 0 Å². The number of hydrogen-bond acceptors (Lipinski definition) is 4. The van der Waals surface area contributed by atoms with Crippen LogP contribution in [0.1, 0.15) is 19.3 Å². The molecule has 2 aliphatic heterocycles. The first-order valence-corrected chi connectivity index (χ1v) is 15.5. The highest BCUT2D eigenvalue weighted by atomic mass is 16.3. The highest BCUT2D eigenvalue weighted by molar-refractivity contribution is 6.99. The molecule has 6 aromatic rings. The van der Waals surface area contributed by atoms with Crippen LogP contribution in [0, 0.1) is 0 Å². The highest BCUT2D eigenvalue weighted by Crippen LogP contribution is 2.46. The Hall–Kier alpha value is -5.42. The third kappa shape index (κ3) is 3.19. The second-order valence-electron chi connectivity index (χ2n) is 11.9. The van der Waals surface area contributed by atoms with Crippen LogP contribution in [-0.4, -0.2) is 6.71 Å². The quantitative estimate of drug-likeness (QED) is 0.197. The summed E-state index contributed by atoms with van der Waals surface area (Å²) < 4.78 is 13.5. The lowest BCUT2D eigenvalue weighted by Crippen LogP contribution is -2.61. The van der Waals surface area contributed by atoms with Gasteiger partial charge in [0.25, 0.3) is 6.71 Å². The fourth-order valence-corrected chi connectivity index (χ4v) is 7.68. The third-order valence-corrected chi connectivity index (χ3v) is 9.47. The summed E-state index contributed by atoms with van der Waals surface area (Å²) in [6.07, 6.45) is 20.9. The molecule has 0 saturated carbocycles. The van der Waals surface area contributed by atoms with E-state index in [-0.39, 0.29) is 6.71 Å². The zero-order valence-electron chi connectivity index (χ0n) is 24.0. The van der Waals surface area contributed by atoms with Gasteiger partial charge in [-0.2, -0.15) is 0 Å². The van der Waals surface area contributed by atoms with Gasteiger partial charge in [0.15, 0.2) is 0 Å². The molecule has 4 aromatic carbocycles. The van der Waals surface area contributed by atoms with Crippen LogP contribution in [0.3, 0.4) is 0 Å². The molecule has 4 nitrogen and oxygen atoms in total. The molecule has 44 heavy (non-hydrogen) atoms. The molecule has 208 valence electrons. The minimum atomic E-state index is -0.0535. The molecule has 5 heteroatoms. The molecule has 0 unspecified atom stereocenters. The van der Waals surface area contributed by atoms with Gasteiger partial charge < -0.3 is 18.6 Å². The molecule has 10 rings (SSSR count). The van der Waals surface area contributed by atoms with Crippen LogP contribution in [-0.2, 0) is 0 Å². The fourth-order valence-electron chi connectivity index (χ4n) is 7.68. The van der Waals surface area contributed by atoms with E-state index in [2.05, 4.69) is 125 Å². The van der Waals surface area contributed by atoms with Gasteiger partial charge in [0.1, 0.15) is 16.7 Å². The standard InChI is InChI=1S/C39H27BN2O2/c1-2-5-16-26(15-4-1)42-32-21-12-20-31-36(32)40(29-18-9-10-19-30(29)41(31)25-13-6-3-7-14-25)39-37(42)28-23-24-34-35(38(28)44-39)27-17-8-11-22-33(27)43-34/h1-2,4,6,8-24H,3,5,7H2. The Balaban J connectivity index is 1.34. The summed E-state index contributed by atoms with van der Waals surface area (Å²) in [6, 6.07) is 28.2. The lowest BCUT2D eigenvalue weighted by Gasteiger charge is -2.43. The van der Waals surface area contributed by atoms with Crippen molar-refractivity contribution in [3.63, 3.8) is 0 Å². The summed E-state index contributed by atoms with van der Waals surface area (Å²) in [4.78, 5) is 4.89. The lowest BCUT2D eigenvalue weighted by molar-refractivity contribution is 0.651. The van der Waals surface area contributed by atoms with Crippen LogP contribution in [0.15, 0.2) is 148 Å². The van der Waals surface area contributed by atoms with Crippen LogP contribution < -0.4 is 26.4 Å². The summed E-state index contributed by atoms with van der Waals surface area (Å²) in [7, 11) is 0. The van der Waals surface area contributed by atoms with Crippen molar-refractivity contribution in [2.45, 2.75) is 19.3 Å². The molecular formula is C39H27BN2O2. The van der Waals surface area contributed by atoms with E-state index in [1.807, 2.05) is 12.1 Å². The Bertz CT molecular complexity index is 2350. The molecule has 2 aromatic heterocycles. The van der Waals surface area contributed by atoms with E-state index in [0.717, 1.165) is 69.2 Å². The van der Waals surface area contributed by atoms with Gasteiger partial charge in [0.05, 0.1) is 16.7 Å². The summed E-state index contributed by atoms with van der Waals surface area (Å²) >= 11 is 0. The maximum absolute atomic E-state index is 7.19. The third-order valence-electron chi connectivity index (χ3n) is 9.47. The molecular weight excluding hydrogens is 539 g/mol. The lowest BCUT2D eigenvalue weighted by atomic mass is 9.35. The number of nitrogens with zero attached hydrogens (tertiary/aromatic N) is 2. The van der Waals surface area contributed by atoms with Crippen LogP contribution in [0.2, 0.25) is 0 Å². The molecule has 0 saturated heterocycles. The maximum atomic E-state index is 7.19. The average molecular weight is 566 g/mol. The Morgan fingerprint density at radius 2 is 1.45 bits per heavy atom. The maximum Gasteiger partial charge on any atom is 0.297 e. The average Bonchev–Trinajstić information content (AvgIpc) is 3.52. The molecule has 0 radical (unpaired) electrons. The predicted molar refractivity (Wildman–Crippen MR) is 183 cm³/mol. The number of furan rings is 2. The Kier molecular flexibility index (Phi) is 4.95. The van der Waals surface area contributed by atoms with Crippen LogP contribution in [0.25, 0.3) is 32.9 Å². The Morgan fingerprint density at radius 1 is 0.614 bits per heavy atom. The first kappa shape index (κ1) is 24.1. The first-order chi connectivity index (χ1) is 21.9. The molecule has 0 atom stereocenters. The number of anilines is 4. The predicted octanol–water partition coefficient (Wildman–Crippen LogP) is 8.39. The summed E-state index contributed by atoms with van der Waals surface area (Å²) in [5, 5.41) is 3.21. The molecule has 0 spiro atoms. The fraction of sp³-hybridized carbons (Fsp3) is 0.0769. The SMILES string of the molecule is C1=CCC=C(N2c3cccc4c3B(c3ccccc3N4C3=CCCC=C3)c3oc4c(ccc5oc6ccccc6c54)c32)C=C1. The van der Waals surface area contributed by atoms with Crippen molar-refractivity contribution in [2.24, 2.45) is 0 Å². The van der Waals surface area contributed by atoms with Crippen molar-refractivity contribution >= 4 is 79.0 Å². The topological polar surface area (TPSA) is 32.8 Å². The molecule has 0 amide bonds. The zero-order valence-corrected chi connectivity index (χ0v) is 24.0. The van der Waals surface area contributed by atoms with E-state index in [1.54, 1.807) is 0 Å². The molecule has 0 bridgehead atoms. The van der Waals surface area contributed by atoms with Gasteiger partial charge >= 0.3 is 0 Å². The van der Waals surface area contributed by atoms with E-state index in [9.17, 15) is 0 Å². The molecule has 0 N–H and O–H groups in total. The van der Waals surface area contributed by atoms with Crippen molar-refractivity contribution in [1.29, 1.82) is 0 Å². The first-order valence-electron chi connectivity index (χ1n) is 15.5. The van der Waals surface area contributed by atoms with E-state index in [0.29, 0.717) is 0 Å². The van der Waals surface area contributed by atoms with Crippen molar-refractivity contribution in [3.8, 4) is 0 Å². The van der Waals surface area contributed by atoms with Crippen molar-refractivity contribution < 1.29 is 8.83 Å². The number of allylic oxidation sites excluding steroid dienone is 8. The Labute approximate surface area is 255 Å². The van der Waals surface area contributed by atoms with Gasteiger partial charge in [0, 0.05) is 39.2 Å². The van der Waals surface area contributed by atoms with Crippen LogP contribution in [0.5, 0.6) is 0 Å². The monoisotopic (exact) mass is 566 g/mol. The summed E-state index contributed by atoms with van der Waals surface area (Å²) in [6.45, 7) is -0.0535. The number of fused-ring (bicyclic) bond motifs is 10. The Morgan fingerprint density at radius 3 is 2.39 bits per heavy atom. The molecule has 4 heterocycles. The second-order valence-corrected chi connectivity index (χ2v) is 11.9. The van der Waals surface area contributed by atoms with Crippen LogP contribution in [0.4, 0.5) is 22.7 Å². The van der Waals surface area contributed by atoms with E-state index in [1.165, 1.54) is 33.7 Å². The van der Waals surface area contributed by atoms with E-state index >= 15 is 0 Å². The minimum absolute atomic E-state index is 0.0535. The van der Waals surface area contributed by atoms with Gasteiger partial charge in [-0.3, -0.25) is 0 Å². The number of rotatable bonds is 2. The van der Waals surface area contributed by atoms with Crippen molar-refractivity contribution in [1.82, 2.24) is 0 Å². The van der Waals surface area contributed by atoms with Crippen molar-refractivity contribution in [2.75, 3.05) is 9.80 Å². The highest BCUT2D eigenvalue weighted by Gasteiger charge is 2.46. The van der Waals surface area contributed by atoms with Crippen LogP contribution >= 0.6 is 0 Å². The zero-order chi connectivity index (χ0) is 28.8. The molecule has 4 aliphatic rings. The number of para-hydroxylation sites is 2. The van der Waals surface area contributed by atoms with Gasteiger partial charge in [0.2, 0.25) is 0 Å². The van der Waals surface area contributed by atoms with E-state index in [4.69, 9.17) is 8.83 Å².